The summed E-state index contributed by atoms with van der Waals surface area (Å²) in [4.78, 5) is 36.7. The van der Waals surface area contributed by atoms with E-state index >= 15 is 0 Å². The maximum Gasteiger partial charge on any atom is 0.413 e. The molecule has 0 saturated carbocycles. The molecule has 0 spiro atoms. The van der Waals surface area contributed by atoms with E-state index in [0.717, 1.165) is 27.0 Å². The van der Waals surface area contributed by atoms with Gasteiger partial charge in [0, 0.05) is 7.05 Å². The maximum absolute atomic E-state index is 10.9. The molecule has 4 N–H and O–H groups in total. The minimum Gasteiger partial charge on any atom is -0.465 e. The Morgan fingerprint density at radius 3 is 2.11 bits per heavy atom. The number of hydrogen-bond donors (Lipinski definition) is 4. The number of ether oxygens (including phenoxy) is 1. The monoisotopic (exact) mass is 382 g/mol. The number of nitrogens with zero attached hydrogens (tertiary/aromatic N) is 3. The van der Waals surface area contributed by atoms with E-state index in [1.165, 1.54) is 14.2 Å². The molecule has 2 amide bonds. The fourth-order valence-electron chi connectivity index (χ4n) is 2.35. The van der Waals surface area contributed by atoms with Crippen molar-refractivity contribution in [2.24, 2.45) is 0 Å². The van der Waals surface area contributed by atoms with Gasteiger partial charge >= 0.3 is 12.2 Å². The molecular formula is C18H18N6O4. The van der Waals surface area contributed by atoms with Gasteiger partial charge in [0.1, 0.15) is 0 Å². The SMILES string of the molecule is CN(C(=O)O)c1nc2ccccc2[nH]1.COC(=O)Nc1nc2ccccc2[nH]1. The molecule has 0 fully saturated rings. The first-order chi connectivity index (χ1) is 13.5. The molecule has 144 valence electrons. The van der Waals surface area contributed by atoms with Crippen molar-refractivity contribution in [3.05, 3.63) is 48.5 Å². The molecule has 2 heterocycles. The molecule has 4 rings (SSSR count). The van der Waals surface area contributed by atoms with E-state index in [1.807, 2.05) is 48.5 Å². The number of rotatable bonds is 2. The molecule has 0 aliphatic heterocycles. The third-order valence-corrected chi connectivity index (χ3v) is 3.78. The van der Waals surface area contributed by atoms with Crippen LogP contribution < -0.4 is 10.2 Å². The van der Waals surface area contributed by atoms with Gasteiger partial charge < -0.3 is 19.8 Å². The van der Waals surface area contributed by atoms with Crippen LogP contribution in [0.15, 0.2) is 48.5 Å². The number of amides is 2. The number of imidazole rings is 2. The summed E-state index contributed by atoms with van der Waals surface area (Å²) >= 11 is 0. The summed E-state index contributed by atoms with van der Waals surface area (Å²) in [5.41, 5.74) is 3.27. The molecule has 2 aromatic heterocycles. The lowest BCUT2D eigenvalue weighted by Gasteiger charge is -2.07. The van der Waals surface area contributed by atoms with Crippen molar-refractivity contribution in [3.8, 4) is 0 Å². The van der Waals surface area contributed by atoms with Crippen LogP contribution in [0.25, 0.3) is 22.1 Å². The highest BCUT2D eigenvalue weighted by Gasteiger charge is 2.12. The Balaban J connectivity index is 0.000000161. The zero-order valence-corrected chi connectivity index (χ0v) is 15.1. The molecule has 10 nitrogen and oxygen atoms in total. The van der Waals surface area contributed by atoms with Crippen LogP contribution in [0.1, 0.15) is 0 Å². The molecule has 0 unspecified atom stereocenters. The number of aromatic nitrogens is 4. The standard InChI is InChI=1S/2C9H9N3O2/c1-14-9(13)12-8-10-6-4-2-3-5-7(6)11-8;1-12(9(13)14)8-10-6-4-2-3-5-7(6)11-8/h2-5H,1H3,(H2,10,11,12,13);2-5H,1H3,(H,10,11)(H,13,14). The Morgan fingerprint density at radius 2 is 1.57 bits per heavy atom. The second-order valence-corrected chi connectivity index (χ2v) is 5.64. The summed E-state index contributed by atoms with van der Waals surface area (Å²) in [5.74, 6) is 0.719. The zero-order chi connectivity index (χ0) is 20.1. The number of H-pyrrole nitrogens is 2. The number of para-hydroxylation sites is 4. The smallest absolute Gasteiger partial charge is 0.413 e. The molecule has 4 aromatic rings. The predicted molar refractivity (Wildman–Crippen MR) is 105 cm³/mol. The summed E-state index contributed by atoms with van der Waals surface area (Å²) < 4.78 is 4.44. The molecule has 10 heteroatoms. The number of fused-ring (bicyclic) bond motifs is 2. The number of carbonyl (C=O) groups excluding carboxylic acids is 1. The van der Waals surface area contributed by atoms with Gasteiger partial charge in [-0.25, -0.2) is 19.6 Å². The Kier molecular flexibility index (Phi) is 5.40. The van der Waals surface area contributed by atoms with Gasteiger partial charge in [-0.1, -0.05) is 24.3 Å². The van der Waals surface area contributed by atoms with Gasteiger partial charge in [-0.05, 0) is 24.3 Å². The third-order valence-electron chi connectivity index (χ3n) is 3.78. The van der Waals surface area contributed by atoms with Crippen molar-refractivity contribution in [2.45, 2.75) is 0 Å². The first-order valence-electron chi connectivity index (χ1n) is 8.19. The minimum absolute atomic E-state index is 0.332. The van der Waals surface area contributed by atoms with Gasteiger partial charge in [0.25, 0.3) is 0 Å². The summed E-state index contributed by atoms with van der Waals surface area (Å²) in [6.45, 7) is 0. The zero-order valence-electron chi connectivity index (χ0n) is 15.1. The lowest BCUT2D eigenvalue weighted by molar-refractivity contribution is 0.186. The lowest BCUT2D eigenvalue weighted by Crippen LogP contribution is -2.24. The van der Waals surface area contributed by atoms with Crippen molar-refractivity contribution in [1.82, 2.24) is 19.9 Å². The van der Waals surface area contributed by atoms with Crippen molar-refractivity contribution < 1.29 is 19.4 Å². The molecule has 0 saturated heterocycles. The van der Waals surface area contributed by atoms with Crippen LogP contribution in [0.4, 0.5) is 21.5 Å². The van der Waals surface area contributed by atoms with Crippen LogP contribution >= 0.6 is 0 Å². The molecular weight excluding hydrogens is 364 g/mol. The third kappa shape index (κ3) is 4.18. The highest BCUT2D eigenvalue weighted by atomic mass is 16.5. The van der Waals surface area contributed by atoms with E-state index in [4.69, 9.17) is 5.11 Å². The van der Waals surface area contributed by atoms with Gasteiger partial charge in [-0.15, -0.1) is 0 Å². The number of carbonyl (C=O) groups is 2. The summed E-state index contributed by atoms with van der Waals surface area (Å²) in [6.07, 6.45) is -1.58. The number of aromatic amines is 2. The molecule has 0 atom stereocenters. The van der Waals surface area contributed by atoms with Crippen LogP contribution in [0, 0.1) is 0 Å². The van der Waals surface area contributed by atoms with Crippen molar-refractivity contribution >= 4 is 46.1 Å². The summed E-state index contributed by atoms with van der Waals surface area (Å²) in [5, 5.41) is 11.2. The number of anilines is 2. The van der Waals surface area contributed by atoms with Crippen molar-refractivity contribution in [1.29, 1.82) is 0 Å². The molecule has 0 aliphatic rings. The molecule has 0 aliphatic carbocycles. The van der Waals surface area contributed by atoms with Crippen LogP contribution in [0.5, 0.6) is 0 Å². The van der Waals surface area contributed by atoms with Gasteiger partial charge in [-0.2, -0.15) is 0 Å². The highest BCUT2D eigenvalue weighted by molar-refractivity contribution is 5.87. The Bertz CT molecular complexity index is 1050. The fourth-order valence-corrected chi connectivity index (χ4v) is 2.35. The molecule has 28 heavy (non-hydrogen) atoms. The van der Waals surface area contributed by atoms with E-state index in [-0.39, 0.29) is 0 Å². The van der Waals surface area contributed by atoms with Gasteiger partial charge in [0.15, 0.2) is 0 Å². The van der Waals surface area contributed by atoms with Gasteiger partial charge in [-0.3, -0.25) is 10.2 Å². The quantitative estimate of drug-likeness (QED) is 0.419. The highest BCUT2D eigenvalue weighted by Crippen LogP contribution is 2.15. The summed E-state index contributed by atoms with van der Waals surface area (Å²) in [6, 6.07) is 14.9. The van der Waals surface area contributed by atoms with E-state index < -0.39 is 12.2 Å². The first kappa shape index (κ1) is 18.7. The maximum atomic E-state index is 10.9. The van der Waals surface area contributed by atoms with Gasteiger partial charge in [0.2, 0.25) is 11.9 Å². The van der Waals surface area contributed by atoms with Crippen LogP contribution in [0.3, 0.4) is 0 Å². The molecule has 2 aromatic carbocycles. The lowest BCUT2D eigenvalue weighted by atomic mass is 10.3. The van der Waals surface area contributed by atoms with Crippen LogP contribution in [-0.4, -0.2) is 51.4 Å². The Labute approximate surface area is 159 Å². The number of methoxy groups -OCH3 is 1. The fraction of sp³-hybridized carbons (Fsp3) is 0.111. The number of hydrogen-bond acceptors (Lipinski definition) is 5. The van der Waals surface area contributed by atoms with E-state index in [0.29, 0.717) is 11.9 Å². The molecule has 0 radical (unpaired) electrons. The number of nitrogens with one attached hydrogen (secondary N) is 3. The minimum atomic E-state index is -1.04. The predicted octanol–water partition coefficient (Wildman–Crippen LogP) is 3.42. The van der Waals surface area contributed by atoms with E-state index in [2.05, 4.69) is 30.0 Å². The number of benzene rings is 2. The van der Waals surface area contributed by atoms with Crippen LogP contribution in [0.2, 0.25) is 0 Å². The molecule has 0 bridgehead atoms. The van der Waals surface area contributed by atoms with Crippen molar-refractivity contribution in [2.75, 3.05) is 24.4 Å². The largest absolute Gasteiger partial charge is 0.465 e. The van der Waals surface area contributed by atoms with Crippen molar-refractivity contribution in [3.63, 3.8) is 0 Å². The second-order valence-electron chi connectivity index (χ2n) is 5.64. The van der Waals surface area contributed by atoms with E-state index in [1.54, 1.807) is 0 Å². The Morgan fingerprint density at radius 1 is 1.00 bits per heavy atom. The first-order valence-corrected chi connectivity index (χ1v) is 8.19. The Hall–Kier alpha value is -4.08. The number of carboxylic acid groups (broad SMARTS) is 1. The normalized spacial score (nSPS) is 10.2. The van der Waals surface area contributed by atoms with Crippen LogP contribution in [-0.2, 0) is 4.74 Å². The average Bonchev–Trinajstić information content (AvgIpc) is 3.30. The van der Waals surface area contributed by atoms with Gasteiger partial charge in [0.05, 0.1) is 29.2 Å². The summed E-state index contributed by atoms with van der Waals surface area (Å²) in [7, 11) is 2.75. The topological polar surface area (TPSA) is 136 Å². The second kappa shape index (κ2) is 8.08. The van der Waals surface area contributed by atoms with E-state index in [9.17, 15) is 9.59 Å². The average molecular weight is 382 g/mol.